The van der Waals surface area contributed by atoms with Crippen molar-refractivity contribution in [3.8, 4) is 11.3 Å². The molecule has 1 aromatic heterocycles. The van der Waals surface area contributed by atoms with Crippen LogP contribution >= 0.6 is 0 Å². The fourth-order valence-corrected chi connectivity index (χ4v) is 3.72. The lowest BCUT2D eigenvalue weighted by atomic mass is 10.1. The van der Waals surface area contributed by atoms with Gasteiger partial charge in [0.25, 0.3) is 0 Å². The zero-order valence-electron chi connectivity index (χ0n) is 16.7. The maximum absolute atomic E-state index is 13.9. The van der Waals surface area contributed by atoms with E-state index in [0.29, 0.717) is 17.1 Å². The third kappa shape index (κ3) is 4.12. The monoisotopic (exact) mass is 411 g/mol. The van der Waals surface area contributed by atoms with E-state index in [0.717, 1.165) is 38.0 Å². The molecule has 1 saturated heterocycles. The fourth-order valence-electron chi connectivity index (χ4n) is 3.72. The van der Waals surface area contributed by atoms with Gasteiger partial charge in [0.2, 0.25) is 0 Å². The second kappa shape index (κ2) is 8.52. The van der Waals surface area contributed by atoms with Crippen LogP contribution in [-0.2, 0) is 7.05 Å². The fraction of sp³-hybridized carbons (Fsp3) is 0.273. The molecule has 156 valence electrons. The number of nitrogens with one attached hydrogen (secondary N) is 2. The number of halogens is 2. The van der Waals surface area contributed by atoms with E-state index in [1.165, 1.54) is 24.3 Å². The second-order valence-electron chi connectivity index (χ2n) is 7.29. The van der Waals surface area contributed by atoms with Gasteiger partial charge in [-0.3, -0.25) is 5.32 Å². The highest BCUT2D eigenvalue weighted by Gasteiger charge is 2.26. The van der Waals surface area contributed by atoms with Gasteiger partial charge in [0.15, 0.2) is 5.82 Å². The third-order valence-corrected chi connectivity index (χ3v) is 5.15. The number of urea groups is 1. The molecule has 30 heavy (non-hydrogen) atoms. The molecule has 4 rings (SSSR count). The van der Waals surface area contributed by atoms with Crippen LogP contribution in [0.4, 0.5) is 30.8 Å². The van der Waals surface area contributed by atoms with Crippen LogP contribution < -0.4 is 15.5 Å². The van der Waals surface area contributed by atoms with Crippen molar-refractivity contribution in [2.45, 2.75) is 19.3 Å². The van der Waals surface area contributed by atoms with Crippen molar-refractivity contribution < 1.29 is 13.6 Å². The predicted molar refractivity (Wildman–Crippen MR) is 114 cm³/mol. The Morgan fingerprint density at radius 1 is 1.00 bits per heavy atom. The van der Waals surface area contributed by atoms with Crippen LogP contribution in [0.15, 0.2) is 48.5 Å². The van der Waals surface area contributed by atoms with Crippen LogP contribution in [0.3, 0.4) is 0 Å². The van der Waals surface area contributed by atoms with E-state index in [-0.39, 0.29) is 11.5 Å². The van der Waals surface area contributed by atoms with E-state index in [4.69, 9.17) is 0 Å². The van der Waals surface area contributed by atoms with E-state index in [2.05, 4.69) is 20.6 Å². The largest absolute Gasteiger partial charge is 0.367 e. The van der Waals surface area contributed by atoms with Gasteiger partial charge < -0.3 is 10.2 Å². The number of piperidine rings is 1. The third-order valence-electron chi connectivity index (χ3n) is 5.15. The molecule has 2 aromatic carbocycles. The summed E-state index contributed by atoms with van der Waals surface area (Å²) in [7, 11) is 1.72. The average Bonchev–Trinajstić information content (AvgIpc) is 3.06. The minimum absolute atomic E-state index is 0.0852. The Morgan fingerprint density at radius 2 is 1.77 bits per heavy atom. The number of hydrogen-bond donors (Lipinski definition) is 2. The second-order valence-corrected chi connectivity index (χ2v) is 7.29. The molecule has 0 atom stereocenters. The first-order valence-electron chi connectivity index (χ1n) is 9.93. The molecule has 6 nitrogen and oxygen atoms in total. The van der Waals surface area contributed by atoms with Crippen molar-refractivity contribution in [2.75, 3.05) is 28.6 Å². The summed E-state index contributed by atoms with van der Waals surface area (Å²) >= 11 is 0. The molecule has 8 heteroatoms. The molecule has 1 aliphatic heterocycles. The minimum Gasteiger partial charge on any atom is -0.367 e. The topological polar surface area (TPSA) is 62.2 Å². The van der Waals surface area contributed by atoms with Crippen molar-refractivity contribution in [1.82, 2.24) is 9.78 Å². The van der Waals surface area contributed by atoms with E-state index >= 15 is 0 Å². The number of para-hydroxylation sites is 1. The molecule has 0 aliphatic carbocycles. The molecule has 0 radical (unpaired) electrons. The molecule has 3 aromatic rings. The molecule has 2 amide bonds. The van der Waals surface area contributed by atoms with Crippen LogP contribution in [0.2, 0.25) is 0 Å². The van der Waals surface area contributed by atoms with Crippen molar-refractivity contribution >= 4 is 23.2 Å². The van der Waals surface area contributed by atoms with Crippen LogP contribution in [0.1, 0.15) is 19.3 Å². The number of aryl methyl sites for hydroxylation is 1. The van der Waals surface area contributed by atoms with Gasteiger partial charge >= 0.3 is 6.03 Å². The summed E-state index contributed by atoms with van der Waals surface area (Å²) in [6.45, 7) is 1.63. The molecule has 0 unspecified atom stereocenters. The number of nitrogens with zero attached hydrogens (tertiary/aromatic N) is 3. The molecular weight excluding hydrogens is 388 g/mol. The van der Waals surface area contributed by atoms with Gasteiger partial charge in [-0.2, -0.15) is 5.10 Å². The first-order valence-corrected chi connectivity index (χ1v) is 9.93. The Morgan fingerprint density at radius 3 is 2.50 bits per heavy atom. The Balaban J connectivity index is 1.69. The number of aromatic nitrogens is 2. The highest BCUT2D eigenvalue weighted by Crippen LogP contribution is 2.38. The number of amides is 2. The van der Waals surface area contributed by atoms with Gasteiger partial charge in [-0.1, -0.05) is 24.3 Å². The van der Waals surface area contributed by atoms with Crippen molar-refractivity contribution in [3.63, 3.8) is 0 Å². The summed E-state index contributed by atoms with van der Waals surface area (Å²) in [6, 6.07) is 11.6. The molecule has 1 aliphatic rings. The van der Waals surface area contributed by atoms with E-state index in [1.54, 1.807) is 36.0 Å². The Kier molecular flexibility index (Phi) is 5.65. The molecular formula is C22H23F2N5O. The highest BCUT2D eigenvalue weighted by molar-refractivity contribution is 6.02. The molecule has 0 bridgehead atoms. The molecule has 1 fully saturated rings. The lowest BCUT2D eigenvalue weighted by Gasteiger charge is -2.29. The van der Waals surface area contributed by atoms with Gasteiger partial charge in [-0.15, -0.1) is 0 Å². The Bertz CT molecular complexity index is 1060. The van der Waals surface area contributed by atoms with Gasteiger partial charge in [-0.05, 0) is 43.5 Å². The van der Waals surface area contributed by atoms with Crippen molar-refractivity contribution in [2.24, 2.45) is 7.05 Å². The zero-order chi connectivity index (χ0) is 21.1. The smallest absolute Gasteiger partial charge is 0.324 e. The van der Waals surface area contributed by atoms with Gasteiger partial charge in [0, 0.05) is 25.7 Å². The van der Waals surface area contributed by atoms with Gasteiger partial charge in [-0.25, -0.2) is 18.3 Å². The van der Waals surface area contributed by atoms with E-state index in [1.807, 2.05) is 0 Å². The van der Waals surface area contributed by atoms with Gasteiger partial charge in [0.05, 0.1) is 5.69 Å². The number of benzene rings is 2. The van der Waals surface area contributed by atoms with Crippen molar-refractivity contribution in [3.05, 3.63) is 60.2 Å². The summed E-state index contributed by atoms with van der Waals surface area (Å²) < 4.78 is 29.3. The van der Waals surface area contributed by atoms with Crippen LogP contribution in [-0.4, -0.2) is 28.9 Å². The maximum atomic E-state index is 13.9. The number of carbonyl (C=O) groups excluding carboxylic acids is 1. The standard InChI is InChI=1S/C22H23F2N5O/c1-28-21(26-22(30)25-18-11-4-3-10-17(18)24)20(29-12-5-2-6-13-29)19(27-28)15-8-7-9-16(23)14-15/h3-4,7-11,14H,2,5-6,12-13H2,1H3,(H2,25,26,30). The molecule has 2 N–H and O–H groups in total. The van der Waals surface area contributed by atoms with Crippen molar-refractivity contribution in [1.29, 1.82) is 0 Å². The van der Waals surface area contributed by atoms with Crippen LogP contribution in [0.25, 0.3) is 11.3 Å². The van der Waals surface area contributed by atoms with Crippen LogP contribution in [0.5, 0.6) is 0 Å². The summed E-state index contributed by atoms with van der Waals surface area (Å²) in [5.41, 5.74) is 2.06. The highest BCUT2D eigenvalue weighted by atomic mass is 19.1. The van der Waals surface area contributed by atoms with Crippen LogP contribution in [0, 0.1) is 11.6 Å². The predicted octanol–water partition coefficient (Wildman–Crippen LogP) is 5.00. The van der Waals surface area contributed by atoms with E-state index < -0.39 is 11.8 Å². The summed E-state index contributed by atoms with van der Waals surface area (Å²) in [6.07, 6.45) is 3.19. The minimum atomic E-state index is -0.577. The number of hydrogen-bond acceptors (Lipinski definition) is 3. The number of carbonyl (C=O) groups is 1. The van der Waals surface area contributed by atoms with E-state index in [9.17, 15) is 13.6 Å². The lowest BCUT2D eigenvalue weighted by Crippen LogP contribution is -2.31. The Labute approximate surface area is 173 Å². The number of anilines is 3. The molecule has 0 saturated carbocycles. The maximum Gasteiger partial charge on any atom is 0.324 e. The quantitative estimate of drug-likeness (QED) is 0.635. The first kappa shape index (κ1) is 19.9. The zero-order valence-corrected chi connectivity index (χ0v) is 16.7. The molecule has 0 spiro atoms. The normalized spacial score (nSPS) is 13.9. The van der Waals surface area contributed by atoms with Gasteiger partial charge in [0.1, 0.15) is 23.0 Å². The summed E-state index contributed by atoms with van der Waals surface area (Å²) in [5, 5.41) is 9.90. The SMILES string of the molecule is Cn1nc(-c2cccc(F)c2)c(N2CCCCC2)c1NC(=O)Nc1ccccc1F. The lowest BCUT2D eigenvalue weighted by molar-refractivity contribution is 0.262. The summed E-state index contributed by atoms with van der Waals surface area (Å²) in [4.78, 5) is 14.8. The first-order chi connectivity index (χ1) is 14.5. The molecule has 2 heterocycles. The summed E-state index contributed by atoms with van der Waals surface area (Å²) in [5.74, 6) is -0.395. The number of rotatable bonds is 4. The average molecular weight is 411 g/mol. The Hall–Kier alpha value is -3.42.